The molecule has 28 heavy (non-hydrogen) atoms. The first-order valence-electron chi connectivity index (χ1n) is 9.13. The Balaban J connectivity index is 1.43. The Bertz CT molecular complexity index is 992. The maximum atomic E-state index is 12.9. The van der Waals surface area contributed by atoms with Crippen molar-refractivity contribution in [1.29, 1.82) is 0 Å². The van der Waals surface area contributed by atoms with E-state index in [2.05, 4.69) is 22.0 Å². The van der Waals surface area contributed by atoms with Crippen molar-refractivity contribution in [1.82, 2.24) is 15.1 Å². The fraction of sp³-hybridized carbons (Fsp3) is 0.238. The predicted octanol–water partition coefficient (Wildman–Crippen LogP) is 4.65. The molecule has 0 saturated carbocycles. The van der Waals surface area contributed by atoms with Crippen LogP contribution in [0, 0.1) is 6.92 Å². The van der Waals surface area contributed by atoms with E-state index < -0.39 is 0 Å². The number of nitrogens with one attached hydrogen (secondary N) is 1. The Morgan fingerprint density at radius 2 is 1.64 bits per heavy atom. The molecule has 1 aromatic heterocycles. The van der Waals surface area contributed by atoms with Crippen LogP contribution in [0.3, 0.4) is 0 Å². The summed E-state index contributed by atoms with van der Waals surface area (Å²) >= 11 is 12.1. The number of hydrogen-bond acceptors (Lipinski definition) is 3. The van der Waals surface area contributed by atoms with Crippen LogP contribution in [-0.2, 0) is 0 Å². The van der Waals surface area contributed by atoms with E-state index in [1.165, 1.54) is 5.56 Å². The molecule has 0 bridgehead atoms. The lowest BCUT2D eigenvalue weighted by molar-refractivity contribution is 0.0741. The number of piperazine rings is 1. The predicted molar refractivity (Wildman–Crippen MR) is 113 cm³/mol. The van der Waals surface area contributed by atoms with Crippen molar-refractivity contribution < 1.29 is 4.79 Å². The zero-order valence-electron chi connectivity index (χ0n) is 15.5. The topological polar surface area (TPSA) is 52.2 Å². The van der Waals surface area contributed by atoms with E-state index in [0.717, 1.165) is 35.1 Å². The number of aryl methyl sites for hydroxylation is 1. The van der Waals surface area contributed by atoms with Gasteiger partial charge in [0.25, 0.3) is 5.91 Å². The second kappa shape index (κ2) is 7.86. The van der Waals surface area contributed by atoms with Crippen molar-refractivity contribution in [3.8, 4) is 11.3 Å². The van der Waals surface area contributed by atoms with Crippen LogP contribution in [-0.4, -0.2) is 47.2 Å². The number of amides is 1. The Labute approximate surface area is 173 Å². The summed E-state index contributed by atoms with van der Waals surface area (Å²) in [5.41, 5.74) is 4.46. The van der Waals surface area contributed by atoms with Gasteiger partial charge >= 0.3 is 0 Å². The number of H-pyrrole nitrogens is 1. The number of benzene rings is 2. The van der Waals surface area contributed by atoms with Gasteiger partial charge in [-0.15, -0.1) is 0 Å². The molecule has 0 atom stereocenters. The number of carbonyl (C=O) groups is 1. The van der Waals surface area contributed by atoms with Gasteiger partial charge in [-0.3, -0.25) is 9.89 Å². The number of anilines is 1. The summed E-state index contributed by atoms with van der Waals surface area (Å²) in [5.74, 6) is -0.0322. The maximum absolute atomic E-state index is 12.9. The monoisotopic (exact) mass is 414 g/mol. The largest absolute Gasteiger partial charge is 0.368 e. The molecule has 1 aliphatic rings. The molecule has 0 radical (unpaired) electrons. The van der Waals surface area contributed by atoms with Crippen LogP contribution in [0.1, 0.15) is 16.1 Å². The molecule has 144 valence electrons. The van der Waals surface area contributed by atoms with Gasteiger partial charge in [-0.05, 0) is 42.8 Å². The van der Waals surface area contributed by atoms with Crippen molar-refractivity contribution >= 4 is 34.8 Å². The normalized spacial score (nSPS) is 14.4. The fourth-order valence-electron chi connectivity index (χ4n) is 3.44. The van der Waals surface area contributed by atoms with E-state index in [4.69, 9.17) is 23.2 Å². The molecule has 2 aromatic carbocycles. The quantitative estimate of drug-likeness (QED) is 0.677. The number of aromatic nitrogens is 2. The van der Waals surface area contributed by atoms with Crippen LogP contribution >= 0.6 is 23.2 Å². The van der Waals surface area contributed by atoms with Gasteiger partial charge in [0.05, 0.1) is 5.69 Å². The third kappa shape index (κ3) is 3.86. The van der Waals surface area contributed by atoms with Gasteiger partial charge in [0.2, 0.25) is 0 Å². The lowest BCUT2D eigenvalue weighted by atomic mass is 10.1. The minimum atomic E-state index is -0.0322. The SMILES string of the molecule is Cc1ccc(Cl)cc1N1CCN(C(=O)c2cc(-c3ccc(Cl)cc3)n[nH]2)CC1. The van der Waals surface area contributed by atoms with Crippen molar-refractivity contribution in [2.45, 2.75) is 6.92 Å². The third-order valence-electron chi connectivity index (χ3n) is 5.03. The second-order valence-corrected chi connectivity index (χ2v) is 7.76. The summed E-state index contributed by atoms with van der Waals surface area (Å²) in [6, 6.07) is 15.1. The van der Waals surface area contributed by atoms with Gasteiger partial charge in [0, 0.05) is 47.5 Å². The van der Waals surface area contributed by atoms with E-state index in [9.17, 15) is 4.79 Å². The van der Waals surface area contributed by atoms with Crippen molar-refractivity contribution in [2.24, 2.45) is 0 Å². The molecule has 1 fully saturated rings. The number of nitrogens with zero attached hydrogens (tertiary/aromatic N) is 3. The van der Waals surface area contributed by atoms with E-state index in [1.54, 1.807) is 6.07 Å². The Kier molecular flexibility index (Phi) is 5.29. The van der Waals surface area contributed by atoms with E-state index in [0.29, 0.717) is 23.8 Å². The van der Waals surface area contributed by atoms with Crippen LogP contribution in [0.2, 0.25) is 10.0 Å². The third-order valence-corrected chi connectivity index (χ3v) is 5.51. The Hall–Kier alpha value is -2.50. The Morgan fingerprint density at radius 1 is 0.964 bits per heavy atom. The van der Waals surface area contributed by atoms with E-state index >= 15 is 0 Å². The minimum Gasteiger partial charge on any atom is -0.368 e. The second-order valence-electron chi connectivity index (χ2n) is 6.88. The zero-order chi connectivity index (χ0) is 19.7. The number of rotatable bonds is 3. The first kappa shape index (κ1) is 18.8. The average molecular weight is 415 g/mol. The molecule has 5 nitrogen and oxygen atoms in total. The molecule has 1 N–H and O–H groups in total. The molecule has 0 unspecified atom stereocenters. The lowest BCUT2D eigenvalue weighted by Crippen LogP contribution is -2.49. The highest BCUT2D eigenvalue weighted by Gasteiger charge is 2.24. The average Bonchev–Trinajstić information content (AvgIpc) is 3.20. The lowest BCUT2D eigenvalue weighted by Gasteiger charge is -2.36. The van der Waals surface area contributed by atoms with Gasteiger partial charge in [0.1, 0.15) is 5.69 Å². The smallest absolute Gasteiger partial charge is 0.272 e. The summed E-state index contributed by atoms with van der Waals surface area (Å²) in [5, 5.41) is 8.54. The van der Waals surface area contributed by atoms with Gasteiger partial charge in [-0.1, -0.05) is 41.4 Å². The fourth-order valence-corrected chi connectivity index (χ4v) is 3.74. The van der Waals surface area contributed by atoms with E-state index in [1.807, 2.05) is 47.4 Å². The number of aromatic amines is 1. The summed E-state index contributed by atoms with van der Waals surface area (Å²) < 4.78 is 0. The molecule has 7 heteroatoms. The molecule has 0 spiro atoms. The molecule has 4 rings (SSSR count). The molecular weight excluding hydrogens is 395 g/mol. The minimum absolute atomic E-state index is 0.0322. The highest BCUT2D eigenvalue weighted by Crippen LogP contribution is 2.26. The summed E-state index contributed by atoms with van der Waals surface area (Å²) in [6.07, 6.45) is 0. The van der Waals surface area contributed by atoms with Crippen molar-refractivity contribution in [2.75, 3.05) is 31.1 Å². The van der Waals surface area contributed by atoms with Gasteiger partial charge in [-0.2, -0.15) is 5.10 Å². The molecular formula is C21H20Cl2N4O. The highest BCUT2D eigenvalue weighted by molar-refractivity contribution is 6.31. The number of carbonyl (C=O) groups excluding carboxylic acids is 1. The first-order chi connectivity index (χ1) is 13.5. The maximum Gasteiger partial charge on any atom is 0.272 e. The molecule has 1 aliphatic heterocycles. The zero-order valence-corrected chi connectivity index (χ0v) is 17.0. The van der Waals surface area contributed by atoms with Crippen LogP contribution in [0.15, 0.2) is 48.5 Å². The highest BCUT2D eigenvalue weighted by atomic mass is 35.5. The van der Waals surface area contributed by atoms with Crippen LogP contribution in [0.5, 0.6) is 0 Å². The number of halogens is 2. The molecule has 0 aliphatic carbocycles. The van der Waals surface area contributed by atoms with Crippen LogP contribution in [0.25, 0.3) is 11.3 Å². The van der Waals surface area contributed by atoms with Crippen molar-refractivity contribution in [3.05, 3.63) is 69.8 Å². The standard InChI is InChI=1S/C21H20Cl2N4O/c1-14-2-5-17(23)12-20(14)26-8-10-27(11-9-26)21(28)19-13-18(24-25-19)15-3-6-16(22)7-4-15/h2-7,12-13H,8-11H2,1H3,(H,24,25). The van der Waals surface area contributed by atoms with E-state index in [-0.39, 0.29) is 5.91 Å². The molecule has 1 amide bonds. The van der Waals surface area contributed by atoms with Crippen LogP contribution < -0.4 is 4.90 Å². The van der Waals surface area contributed by atoms with Gasteiger partial charge < -0.3 is 9.80 Å². The van der Waals surface area contributed by atoms with Gasteiger partial charge in [-0.25, -0.2) is 0 Å². The Morgan fingerprint density at radius 3 is 2.36 bits per heavy atom. The van der Waals surface area contributed by atoms with Gasteiger partial charge in [0.15, 0.2) is 0 Å². The first-order valence-corrected chi connectivity index (χ1v) is 9.88. The molecule has 1 saturated heterocycles. The van der Waals surface area contributed by atoms with Crippen LogP contribution in [0.4, 0.5) is 5.69 Å². The number of hydrogen-bond donors (Lipinski definition) is 1. The van der Waals surface area contributed by atoms with Crippen molar-refractivity contribution in [3.63, 3.8) is 0 Å². The summed E-state index contributed by atoms with van der Waals surface area (Å²) in [4.78, 5) is 17.0. The molecule has 2 heterocycles. The summed E-state index contributed by atoms with van der Waals surface area (Å²) in [6.45, 7) is 4.92. The summed E-state index contributed by atoms with van der Waals surface area (Å²) in [7, 11) is 0. The molecule has 3 aromatic rings.